The molecule has 2 aromatic rings. The van der Waals surface area contributed by atoms with Crippen molar-refractivity contribution in [2.45, 2.75) is 61.9 Å². The molecule has 4 rings (SSSR count). The molecule has 1 aromatic carbocycles. The van der Waals surface area contributed by atoms with E-state index in [-0.39, 0.29) is 5.78 Å². The van der Waals surface area contributed by atoms with Crippen LogP contribution in [-0.4, -0.2) is 26.3 Å². The van der Waals surface area contributed by atoms with Gasteiger partial charge in [-0.05, 0) is 37.2 Å². The van der Waals surface area contributed by atoms with Crippen LogP contribution >= 0.6 is 11.8 Å². The minimum absolute atomic E-state index is 0.163. The molecule has 0 spiro atoms. The van der Waals surface area contributed by atoms with E-state index >= 15 is 0 Å². The Hall–Kier alpha value is -1.62. The first-order valence-electron chi connectivity index (χ1n) is 9.37. The van der Waals surface area contributed by atoms with Crippen LogP contribution in [0.15, 0.2) is 29.4 Å². The van der Waals surface area contributed by atoms with Crippen LogP contribution in [0.4, 0.5) is 0 Å². The normalized spacial score (nSPS) is 18.4. The van der Waals surface area contributed by atoms with E-state index in [4.69, 9.17) is 0 Å². The predicted molar refractivity (Wildman–Crippen MR) is 100 cm³/mol. The highest BCUT2D eigenvalue weighted by Gasteiger charge is 2.29. The summed E-state index contributed by atoms with van der Waals surface area (Å²) in [6, 6.07) is 8.31. The molecule has 0 amide bonds. The third-order valence-electron chi connectivity index (χ3n) is 5.45. The highest BCUT2D eigenvalue weighted by Crippen LogP contribution is 2.39. The van der Waals surface area contributed by atoms with Crippen molar-refractivity contribution in [1.82, 2.24) is 14.8 Å². The van der Waals surface area contributed by atoms with Gasteiger partial charge in [-0.1, -0.05) is 55.3 Å². The first kappa shape index (κ1) is 16.8. The Kier molecular flexibility index (Phi) is 4.93. The number of carbonyl (C=O) groups excluding carboxylic acids is 1. The average molecular weight is 356 g/mol. The monoisotopic (exact) mass is 355 g/mol. The van der Waals surface area contributed by atoms with E-state index in [2.05, 4.69) is 22.3 Å². The summed E-state index contributed by atoms with van der Waals surface area (Å²) in [6.07, 6.45) is 9.04. The molecule has 0 atom stereocenters. The molecule has 4 nitrogen and oxygen atoms in total. The van der Waals surface area contributed by atoms with Gasteiger partial charge >= 0.3 is 0 Å². The zero-order valence-electron chi connectivity index (χ0n) is 14.8. The molecule has 1 heterocycles. The number of hydrogen-bond donors (Lipinski definition) is 0. The molecule has 0 bridgehead atoms. The van der Waals surface area contributed by atoms with Gasteiger partial charge < -0.3 is 4.57 Å². The van der Waals surface area contributed by atoms with Crippen molar-refractivity contribution < 1.29 is 4.79 Å². The molecule has 0 saturated heterocycles. The fraction of sp³-hybridized carbons (Fsp3) is 0.550. The van der Waals surface area contributed by atoms with Gasteiger partial charge in [0.05, 0.1) is 5.75 Å². The second-order valence-corrected chi connectivity index (χ2v) is 8.29. The molecule has 2 saturated carbocycles. The number of hydrogen-bond acceptors (Lipinski definition) is 4. The molecule has 2 aliphatic rings. The van der Waals surface area contributed by atoms with E-state index in [1.54, 1.807) is 0 Å². The lowest BCUT2D eigenvalue weighted by Crippen LogP contribution is -2.07. The lowest BCUT2D eigenvalue weighted by molar-refractivity contribution is 0.102. The summed E-state index contributed by atoms with van der Waals surface area (Å²) in [5.41, 5.74) is 2.20. The number of thioether (sulfide) groups is 1. The van der Waals surface area contributed by atoms with E-state index in [9.17, 15) is 4.79 Å². The zero-order chi connectivity index (χ0) is 17.2. The van der Waals surface area contributed by atoms with Crippen LogP contribution in [0.5, 0.6) is 0 Å². The molecule has 5 heteroatoms. The van der Waals surface area contributed by atoms with Crippen LogP contribution in [0.2, 0.25) is 0 Å². The highest BCUT2D eigenvalue weighted by molar-refractivity contribution is 7.99. The average Bonchev–Trinajstić information content (AvgIpc) is 3.44. The van der Waals surface area contributed by atoms with Gasteiger partial charge in [0.2, 0.25) is 0 Å². The van der Waals surface area contributed by atoms with Crippen molar-refractivity contribution >= 4 is 17.5 Å². The Morgan fingerprint density at radius 2 is 1.76 bits per heavy atom. The Balaban J connectivity index is 1.36. The molecular weight excluding hydrogens is 330 g/mol. The van der Waals surface area contributed by atoms with Gasteiger partial charge in [-0.25, -0.2) is 0 Å². The maximum absolute atomic E-state index is 12.5. The maximum atomic E-state index is 12.5. The van der Waals surface area contributed by atoms with Crippen molar-refractivity contribution in [2.75, 3.05) is 5.75 Å². The first-order valence-corrected chi connectivity index (χ1v) is 10.4. The smallest absolute Gasteiger partial charge is 0.191 e. The van der Waals surface area contributed by atoms with Crippen LogP contribution in [0.1, 0.15) is 78.5 Å². The molecule has 25 heavy (non-hydrogen) atoms. The summed E-state index contributed by atoms with van der Waals surface area (Å²) in [6.45, 7) is 0. The summed E-state index contributed by atoms with van der Waals surface area (Å²) in [4.78, 5) is 12.5. The van der Waals surface area contributed by atoms with Crippen molar-refractivity contribution in [3.05, 3.63) is 41.2 Å². The molecule has 0 aliphatic heterocycles. The quantitative estimate of drug-likeness (QED) is 0.556. The molecule has 132 valence electrons. The number of aromatic nitrogens is 3. The van der Waals surface area contributed by atoms with Gasteiger partial charge in [0.25, 0.3) is 0 Å². The lowest BCUT2D eigenvalue weighted by Gasteiger charge is -2.22. The van der Waals surface area contributed by atoms with E-state index < -0.39 is 0 Å². The van der Waals surface area contributed by atoms with Gasteiger partial charge in [-0.3, -0.25) is 4.79 Å². The summed E-state index contributed by atoms with van der Waals surface area (Å²) in [5, 5.41) is 9.36. The summed E-state index contributed by atoms with van der Waals surface area (Å²) in [5.74, 6) is 2.91. The van der Waals surface area contributed by atoms with Gasteiger partial charge in [0.1, 0.15) is 5.82 Å². The number of carbonyl (C=O) groups is 1. The third kappa shape index (κ3) is 3.81. The van der Waals surface area contributed by atoms with Crippen LogP contribution in [0.25, 0.3) is 0 Å². The second-order valence-electron chi connectivity index (χ2n) is 7.34. The molecule has 0 radical (unpaired) electrons. The van der Waals surface area contributed by atoms with E-state index in [1.165, 1.54) is 62.3 Å². The number of Topliss-reactive ketones (excluding diaryl/α,β-unsaturated/α-hetero) is 1. The van der Waals surface area contributed by atoms with Gasteiger partial charge in [-0.2, -0.15) is 0 Å². The van der Waals surface area contributed by atoms with E-state index in [1.807, 2.05) is 23.7 Å². The molecule has 2 aliphatic carbocycles. The first-order chi connectivity index (χ1) is 12.2. The van der Waals surface area contributed by atoms with Crippen molar-refractivity contribution in [3.63, 3.8) is 0 Å². The van der Waals surface area contributed by atoms with Crippen LogP contribution < -0.4 is 0 Å². The SMILES string of the molecule is Cn1c(SCC(=O)c2ccc(C3CCCCC3)cc2)nnc1C1CC1. The Labute approximate surface area is 153 Å². The Morgan fingerprint density at radius 3 is 2.44 bits per heavy atom. The highest BCUT2D eigenvalue weighted by atomic mass is 32.2. The summed E-state index contributed by atoms with van der Waals surface area (Å²) in [7, 11) is 2.00. The fourth-order valence-electron chi connectivity index (χ4n) is 3.74. The van der Waals surface area contributed by atoms with Crippen molar-refractivity contribution in [1.29, 1.82) is 0 Å². The summed E-state index contributed by atoms with van der Waals surface area (Å²) < 4.78 is 2.04. The maximum Gasteiger partial charge on any atom is 0.191 e. The van der Waals surface area contributed by atoms with Crippen molar-refractivity contribution in [2.24, 2.45) is 7.05 Å². The molecule has 2 fully saturated rings. The standard InChI is InChI=1S/C20H25N3OS/c1-23-19(17-11-12-17)21-22-20(23)25-13-18(24)16-9-7-15(8-10-16)14-5-3-2-4-6-14/h7-10,14,17H,2-6,11-13H2,1H3. The largest absolute Gasteiger partial charge is 0.309 e. The minimum atomic E-state index is 0.163. The number of benzene rings is 1. The van der Waals surface area contributed by atoms with Crippen LogP contribution in [0.3, 0.4) is 0 Å². The van der Waals surface area contributed by atoms with Crippen LogP contribution in [0, 0.1) is 0 Å². The summed E-state index contributed by atoms with van der Waals surface area (Å²) >= 11 is 1.49. The predicted octanol–water partition coefficient (Wildman–Crippen LogP) is 4.72. The van der Waals surface area contributed by atoms with Gasteiger partial charge in [-0.15, -0.1) is 10.2 Å². The molecule has 0 N–H and O–H groups in total. The fourth-order valence-corrected chi connectivity index (χ4v) is 4.55. The zero-order valence-corrected chi connectivity index (χ0v) is 15.6. The number of nitrogens with zero attached hydrogens (tertiary/aromatic N) is 3. The lowest BCUT2D eigenvalue weighted by atomic mass is 9.84. The number of ketones is 1. The molecule has 1 aromatic heterocycles. The topological polar surface area (TPSA) is 47.8 Å². The third-order valence-corrected chi connectivity index (χ3v) is 6.47. The molecule has 0 unspecified atom stereocenters. The second kappa shape index (κ2) is 7.32. The van der Waals surface area contributed by atoms with Gasteiger partial charge in [0.15, 0.2) is 10.9 Å². The van der Waals surface area contributed by atoms with Crippen LogP contribution in [-0.2, 0) is 7.05 Å². The van der Waals surface area contributed by atoms with E-state index in [0.717, 1.165) is 16.5 Å². The van der Waals surface area contributed by atoms with Gasteiger partial charge in [0, 0.05) is 18.5 Å². The molecular formula is C20H25N3OS. The van der Waals surface area contributed by atoms with E-state index in [0.29, 0.717) is 17.6 Å². The Bertz CT molecular complexity index is 743. The minimum Gasteiger partial charge on any atom is -0.309 e. The number of rotatable bonds is 6. The Morgan fingerprint density at radius 1 is 1.04 bits per heavy atom. The van der Waals surface area contributed by atoms with Crippen molar-refractivity contribution in [3.8, 4) is 0 Å².